The Hall–Kier alpha value is -3.02. The molecule has 0 radical (unpaired) electrons. The van der Waals surface area contributed by atoms with E-state index < -0.39 is 0 Å². The highest BCUT2D eigenvalue weighted by Crippen LogP contribution is 2.21. The molecule has 1 fully saturated rings. The van der Waals surface area contributed by atoms with Gasteiger partial charge in [0, 0.05) is 62.2 Å². The van der Waals surface area contributed by atoms with Crippen LogP contribution >= 0.6 is 0 Å². The summed E-state index contributed by atoms with van der Waals surface area (Å²) in [7, 11) is 0. The van der Waals surface area contributed by atoms with Gasteiger partial charge in [0.25, 0.3) is 5.91 Å². The van der Waals surface area contributed by atoms with Gasteiger partial charge in [-0.1, -0.05) is 0 Å². The fraction of sp³-hybridized carbons (Fsp3) is 0.300. The topological polar surface area (TPSA) is 62.2 Å². The summed E-state index contributed by atoms with van der Waals surface area (Å²) in [6.07, 6.45) is 7.97. The first-order valence-electron chi connectivity index (χ1n) is 8.88. The van der Waals surface area contributed by atoms with E-state index in [1.807, 2.05) is 35.5 Å². The fourth-order valence-corrected chi connectivity index (χ4v) is 3.46. The Kier molecular flexibility index (Phi) is 4.48. The maximum atomic E-state index is 13.0. The second-order valence-electron chi connectivity index (χ2n) is 6.55. The zero-order valence-electron chi connectivity index (χ0n) is 14.8. The molecule has 3 heterocycles. The molecule has 0 spiro atoms. The van der Waals surface area contributed by atoms with E-state index in [2.05, 4.69) is 32.8 Å². The van der Waals surface area contributed by atoms with E-state index in [1.54, 1.807) is 12.4 Å². The van der Waals surface area contributed by atoms with Gasteiger partial charge in [0.15, 0.2) is 0 Å². The summed E-state index contributed by atoms with van der Waals surface area (Å²) in [5.74, 6) is 0.0610. The van der Waals surface area contributed by atoms with Gasteiger partial charge in [-0.2, -0.15) is 0 Å². The first-order chi connectivity index (χ1) is 12.7. The zero-order valence-corrected chi connectivity index (χ0v) is 14.8. The van der Waals surface area contributed by atoms with E-state index in [-0.39, 0.29) is 5.91 Å². The first kappa shape index (κ1) is 16.4. The van der Waals surface area contributed by atoms with Crippen LogP contribution in [0.5, 0.6) is 0 Å². The van der Waals surface area contributed by atoms with Crippen LogP contribution in [-0.2, 0) is 0 Å². The third-order valence-electron chi connectivity index (χ3n) is 4.83. The van der Waals surface area contributed by atoms with Gasteiger partial charge in [-0.05, 0) is 43.2 Å². The molecule has 1 saturated heterocycles. The van der Waals surface area contributed by atoms with E-state index in [0.717, 1.165) is 37.1 Å². The molecule has 0 atom stereocenters. The number of hydrogen-bond donors (Lipinski definition) is 0. The van der Waals surface area contributed by atoms with Crippen LogP contribution in [0.1, 0.15) is 22.3 Å². The summed E-state index contributed by atoms with van der Waals surface area (Å²) in [6, 6.07) is 7.59. The first-order valence-corrected chi connectivity index (χ1v) is 8.88. The summed E-state index contributed by atoms with van der Waals surface area (Å²) in [5, 5.41) is 0. The molecule has 6 nitrogen and oxygen atoms in total. The maximum absolute atomic E-state index is 13.0. The largest absolute Gasteiger partial charge is 0.369 e. The van der Waals surface area contributed by atoms with Crippen LogP contribution in [0.4, 0.5) is 5.69 Å². The van der Waals surface area contributed by atoms with E-state index >= 15 is 0 Å². The molecular formula is C20H21N5O. The third-order valence-corrected chi connectivity index (χ3v) is 4.83. The second-order valence-corrected chi connectivity index (χ2v) is 6.55. The Morgan fingerprint density at radius 1 is 0.962 bits per heavy atom. The number of nitrogens with zero attached hydrogens (tertiary/aromatic N) is 5. The number of rotatable bonds is 2. The standard InChI is InChI=1S/C20H21N5O/c1-15-14-21-6-5-19(15)24-9-2-10-25(12-11-24)20(26)16-3-4-17-18(13-16)23-8-7-22-17/h3-8,13-14H,2,9-12H2,1H3. The minimum atomic E-state index is 0.0610. The van der Waals surface area contributed by atoms with Crippen LogP contribution in [0, 0.1) is 6.92 Å². The summed E-state index contributed by atoms with van der Waals surface area (Å²) in [4.78, 5) is 30.0. The van der Waals surface area contributed by atoms with E-state index in [1.165, 1.54) is 11.3 Å². The molecular weight excluding hydrogens is 326 g/mol. The van der Waals surface area contributed by atoms with Gasteiger partial charge < -0.3 is 9.80 Å². The van der Waals surface area contributed by atoms with Gasteiger partial charge in [-0.25, -0.2) is 0 Å². The molecule has 0 saturated carbocycles. The number of carbonyl (C=O) groups is 1. The molecule has 0 aliphatic carbocycles. The van der Waals surface area contributed by atoms with E-state index in [0.29, 0.717) is 12.1 Å². The van der Waals surface area contributed by atoms with E-state index in [4.69, 9.17) is 0 Å². The average molecular weight is 347 g/mol. The maximum Gasteiger partial charge on any atom is 0.253 e. The summed E-state index contributed by atoms with van der Waals surface area (Å²) in [6.45, 7) is 5.31. The Morgan fingerprint density at radius 2 is 1.81 bits per heavy atom. The van der Waals surface area contributed by atoms with Crippen molar-refractivity contribution in [2.24, 2.45) is 0 Å². The molecule has 1 aliphatic heterocycles. The van der Waals surface area contributed by atoms with Gasteiger partial charge in [0.2, 0.25) is 0 Å². The normalized spacial score (nSPS) is 15.1. The number of aromatic nitrogens is 3. The number of carbonyl (C=O) groups excluding carboxylic acids is 1. The number of pyridine rings is 1. The number of benzene rings is 1. The van der Waals surface area contributed by atoms with Crippen molar-refractivity contribution in [2.75, 3.05) is 31.1 Å². The summed E-state index contributed by atoms with van der Waals surface area (Å²) in [5.41, 5.74) is 4.60. The molecule has 2 aromatic heterocycles. The van der Waals surface area contributed by atoms with Crippen molar-refractivity contribution in [3.63, 3.8) is 0 Å². The van der Waals surface area contributed by atoms with Crippen molar-refractivity contribution in [3.05, 3.63) is 60.2 Å². The molecule has 26 heavy (non-hydrogen) atoms. The Morgan fingerprint density at radius 3 is 2.65 bits per heavy atom. The number of anilines is 1. The minimum absolute atomic E-state index is 0.0610. The fourth-order valence-electron chi connectivity index (χ4n) is 3.46. The van der Waals surface area contributed by atoms with Crippen molar-refractivity contribution in [1.29, 1.82) is 0 Å². The molecule has 0 N–H and O–H groups in total. The predicted octanol–water partition coefficient (Wildman–Crippen LogP) is 2.69. The van der Waals surface area contributed by atoms with Crippen LogP contribution < -0.4 is 4.90 Å². The number of fused-ring (bicyclic) bond motifs is 1. The van der Waals surface area contributed by atoms with Crippen molar-refractivity contribution >= 4 is 22.6 Å². The summed E-state index contributed by atoms with van der Waals surface area (Å²) >= 11 is 0. The van der Waals surface area contributed by atoms with Crippen molar-refractivity contribution in [1.82, 2.24) is 19.9 Å². The van der Waals surface area contributed by atoms with Gasteiger partial charge in [0.1, 0.15) is 0 Å². The summed E-state index contributed by atoms with van der Waals surface area (Å²) < 4.78 is 0. The Labute approximate surface area is 152 Å². The quantitative estimate of drug-likeness (QED) is 0.713. The number of aryl methyl sites for hydroxylation is 1. The average Bonchev–Trinajstić information content (AvgIpc) is 2.93. The minimum Gasteiger partial charge on any atom is -0.369 e. The van der Waals surface area contributed by atoms with Gasteiger partial charge in [0.05, 0.1) is 11.0 Å². The van der Waals surface area contributed by atoms with Gasteiger partial charge >= 0.3 is 0 Å². The van der Waals surface area contributed by atoms with Crippen LogP contribution in [0.3, 0.4) is 0 Å². The van der Waals surface area contributed by atoms with Crippen molar-refractivity contribution in [2.45, 2.75) is 13.3 Å². The lowest BCUT2D eigenvalue weighted by molar-refractivity contribution is 0.0767. The van der Waals surface area contributed by atoms with E-state index in [9.17, 15) is 4.79 Å². The SMILES string of the molecule is Cc1cnccc1N1CCCN(C(=O)c2ccc3nccnc3c2)CC1. The predicted molar refractivity (Wildman–Crippen MR) is 101 cm³/mol. The van der Waals surface area contributed by atoms with Crippen LogP contribution in [0.25, 0.3) is 11.0 Å². The lowest BCUT2D eigenvalue weighted by atomic mass is 10.1. The highest BCUT2D eigenvalue weighted by Gasteiger charge is 2.21. The molecule has 132 valence electrons. The van der Waals surface area contributed by atoms with Crippen molar-refractivity contribution in [3.8, 4) is 0 Å². The number of hydrogen-bond acceptors (Lipinski definition) is 5. The smallest absolute Gasteiger partial charge is 0.253 e. The highest BCUT2D eigenvalue weighted by atomic mass is 16.2. The lowest BCUT2D eigenvalue weighted by Crippen LogP contribution is -2.35. The molecule has 4 rings (SSSR count). The highest BCUT2D eigenvalue weighted by molar-refractivity contribution is 5.97. The van der Waals surface area contributed by atoms with Crippen LogP contribution in [-0.4, -0.2) is 51.9 Å². The molecule has 6 heteroatoms. The monoisotopic (exact) mass is 347 g/mol. The molecule has 1 aliphatic rings. The Bertz CT molecular complexity index is 942. The van der Waals surface area contributed by atoms with Gasteiger partial charge in [-0.15, -0.1) is 0 Å². The van der Waals surface area contributed by atoms with Crippen molar-refractivity contribution < 1.29 is 4.79 Å². The third kappa shape index (κ3) is 3.22. The Balaban J connectivity index is 1.51. The van der Waals surface area contributed by atoms with Crippen LogP contribution in [0.15, 0.2) is 49.1 Å². The molecule has 0 unspecified atom stereocenters. The molecule has 0 bridgehead atoms. The molecule has 1 aromatic carbocycles. The molecule has 3 aromatic rings. The van der Waals surface area contributed by atoms with Crippen LogP contribution in [0.2, 0.25) is 0 Å². The molecule has 1 amide bonds. The zero-order chi connectivity index (χ0) is 17.9. The second kappa shape index (κ2) is 7.07. The number of amides is 1. The van der Waals surface area contributed by atoms with Gasteiger partial charge in [-0.3, -0.25) is 19.7 Å². The lowest BCUT2D eigenvalue weighted by Gasteiger charge is -2.25.